The van der Waals surface area contributed by atoms with Gasteiger partial charge in [0.05, 0.1) is 24.4 Å². The first-order chi connectivity index (χ1) is 15.1. The first-order valence-electron chi connectivity index (χ1n) is 9.90. The third-order valence-electron chi connectivity index (χ3n) is 4.47. The van der Waals surface area contributed by atoms with Crippen molar-refractivity contribution >= 4 is 34.8 Å². The van der Waals surface area contributed by atoms with Crippen LogP contribution in [0.2, 0.25) is 0 Å². The summed E-state index contributed by atoms with van der Waals surface area (Å²) < 4.78 is 5.03. The van der Waals surface area contributed by atoms with Crippen molar-refractivity contribution in [2.24, 2.45) is 4.99 Å². The Labute approximate surface area is 187 Å². The number of anilines is 1. The van der Waals surface area contributed by atoms with Gasteiger partial charge in [0.1, 0.15) is 5.84 Å². The lowest BCUT2D eigenvalue weighted by Gasteiger charge is -2.22. The summed E-state index contributed by atoms with van der Waals surface area (Å²) in [5.74, 6) is 0.316. The number of benzene rings is 2. The molecule has 158 valence electrons. The van der Waals surface area contributed by atoms with Crippen molar-refractivity contribution in [2.45, 2.75) is 13.5 Å². The number of nitrogens with zero attached hydrogens (tertiary/aromatic N) is 3. The van der Waals surface area contributed by atoms with Crippen molar-refractivity contribution in [1.82, 2.24) is 10.3 Å². The van der Waals surface area contributed by atoms with E-state index in [0.717, 1.165) is 16.9 Å². The number of hydrogen-bond acceptors (Lipinski definition) is 5. The molecule has 3 aromatic rings. The second-order valence-electron chi connectivity index (χ2n) is 6.61. The molecule has 1 N–H and O–H groups in total. The highest BCUT2D eigenvalue weighted by atomic mass is 32.1. The van der Waals surface area contributed by atoms with Crippen LogP contribution in [0.3, 0.4) is 0 Å². The minimum absolute atomic E-state index is 0.342. The second-order valence-corrected chi connectivity index (χ2v) is 7.00. The Morgan fingerprint density at radius 1 is 1.03 bits per heavy atom. The van der Waals surface area contributed by atoms with E-state index in [1.165, 1.54) is 0 Å². The number of hydrogen-bond donors (Lipinski definition) is 1. The van der Waals surface area contributed by atoms with Gasteiger partial charge in [-0.25, -0.2) is 4.79 Å². The van der Waals surface area contributed by atoms with Gasteiger partial charge in [-0.2, -0.15) is 0 Å². The minimum atomic E-state index is -0.342. The largest absolute Gasteiger partial charge is 0.462 e. The van der Waals surface area contributed by atoms with Gasteiger partial charge in [-0.05, 0) is 55.5 Å². The van der Waals surface area contributed by atoms with E-state index in [1.807, 2.05) is 72.6 Å². The fourth-order valence-corrected chi connectivity index (χ4v) is 2.99. The van der Waals surface area contributed by atoms with E-state index in [-0.39, 0.29) is 5.97 Å². The highest BCUT2D eigenvalue weighted by Gasteiger charge is 2.13. The summed E-state index contributed by atoms with van der Waals surface area (Å²) in [6.07, 6.45) is 1.75. The van der Waals surface area contributed by atoms with Crippen LogP contribution < -0.4 is 10.2 Å². The van der Waals surface area contributed by atoms with Gasteiger partial charge in [0.15, 0.2) is 5.11 Å². The van der Waals surface area contributed by atoms with Gasteiger partial charge in [0.25, 0.3) is 0 Å². The summed E-state index contributed by atoms with van der Waals surface area (Å²) in [5.41, 5.74) is 3.13. The number of aliphatic imine (C=N–C) groups is 1. The monoisotopic (exact) mass is 432 g/mol. The molecule has 31 heavy (non-hydrogen) atoms. The number of nitrogens with one attached hydrogen (secondary N) is 1. The van der Waals surface area contributed by atoms with Crippen molar-refractivity contribution in [1.29, 1.82) is 0 Å². The lowest BCUT2D eigenvalue weighted by Crippen LogP contribution is -2.41. The quantitative estimate of drug-likeness (QED) is 0.272. The number of thiocarbonyl (C=S) groups is 1. The molecule has 0 aliphatic rings. The normalized spacial score (nSPS) is 11.0. The molecule has 0 aliphatic heterocycles. The molecule has 0 bridgehead atoms. The summed E-state index contributed by atoms with van der Waals surface area (Å²) >= 11 is 5.62. The smallest absolute Gasteiger partial charge is 0.338 e. The SMILES string of the molecule is CCOC(=O)c1ccc(N(C)C(=S)NC(=NCc2ccccn2)c2ccccc2)cc1. The summed E-state index contributed by atoms with van der Waals surface area (Å²) in [6, 6.07) is 22.6. The second kappa shape index (κ2) is 11.0. The van der Waals surface area contributed by atoms with Crippen LogP contribution >= 0.6 is 12.2 Å². The summed E-state index contributed by atoms with van der Waals surface area (Å²) in [6.45, 7) is 2.55. The number of amidine groups is 1. The number of aromatic nitrogens is 1. The third-order valence-corrected chi connectivity index (χ3v) is 4.84. The molecule has 0 unspecified atom stereocenters. The van der Waals surface area contributed by atoms with Crippen LogP contribution in [0.4, 0.5) is 5.69 Å². The summed E-state index contributed by atoms with van der Waals surface area (Å²) in [7, 11) is 1.86. The molecule has 1 aromatic heterocycles. The van der Waals surface area contributed by atoms with E-state index in [0.29, 0.717) is 29.7 Å². The molecule has 0 aliphatic carbocycles. The van der Waals surface area contributed by atoms with Gasteiger partial charge in [-0.3, -0.25) is 9.98 Å². The first-order valence-corrected chi connectivity index (χ1v) is 10.3. The van der Waals surface area contributed by atoms with Gasteiger partial charge in [0.2, 0.25) is 0 Å². The molecule has 0 saturated heterocycles. The fraction of sp³-hybridized carbons (Fsp3) is 0.167. The Kier molecular flexibility index (Phi) is 7.84. The molecule has 2 aromatic carbocycles. The molecule has 0 saturated carbocycles. The average molecular weight is 433 g/mol. The van der Waals surface area contributed by atoms with E-state index in [9.17, 15) is 4.79 Å². The molecule has 1 heterocycles. The maximum Gasteiger partial charge on any atom is 0.338 e. The Morgan fingerprint density at radius 3 is 2.39 bits per heavy atom. The molecule has 0 fully saturated rings. The van der Waals surface area contributed by atoms with Gasteiger partial charge < -0.3 is 15.0 Å². The number of pyridine rings is 1. The predicted molar refractivity (Wildman–Crippen MR) is 127 cm³/mol. The van der Waals surface area contributed by atoms with Crippen LogP contribution in [-0.2, 0) is 11.3 Å². The molecule has 0 spiro atoms. The summed E-state index contributed by atoms with van der Waals surface area (Å²) in [4.78, 5) is 22.7. The van der Waals surface area contributed by atoms with Crippen LogP contribution in [0.1, 0.15) is 28.5 Å². The van der Waals surface area contributed by atoms with Crippen LogP contribution in [0.15, 0.2) is 84.0 Å². The first kappa shape index (κ1) is 22.1. The fourth-order valence-electron chi connectivity index (χ4n) is 2.79. The molecule has 0 amide bonds. The zero-order valence-corrected chi connectivity index (χ0v) is 18.3. The number of carbonyl (C=O) groups is 1. The van der Waals surface area contributed by atoms with Crippen molar-refractivity contribution in [2.75, 3.05) is 18.6 Å². The molecule has 6 nitrogen and oxygen atoms in total. The zero-order chi connectivity index (χ0) is 22.1. The maximum atomic E-state index is 11.9. The van der Waals surface area contributed by atoms with Crippen LogP contribution in [0.25, 0.3) is 0 Å². The molecule has 0 radical (unpaired) electrons. The minimum Gasteiger partial charge on any atom is -0.462 e. The molecular formula is C24H24N4O2S. The van der Waals surface area contributed by atoms with Gasteiger partial charge in [-0.15, -0.1) is 0 Å². The van der Waals surface area contributed by atoms with E-state index in [2.05, 4.69) is 10.3 Å². The third kappa shape index (κ3) is 6.20. The lowest BCUT2D eigenvalue weighted by molar-refractivity contribution is 0.0526. The van der Waals surface area contributed by atoms with Gasteiger partial charge in [0, 0.05) is 24.5 Å². The van der Waals surface area contributed by atoms with E-state index in [4.69, 9.17) is 21.9 Å². The number of carbonyl (C=O) groups excluding carboxylic acids is 1. The standard InChI is InChI=1S/C24H24N4O2S/c1-3-30-23(29)19-12-14-21(15-13-19)28(2)24(31)27-22(18-9-5-4-6-10-18)26-17-20-11-7-8-16-25-20/h4-16H,3,17H2,1-2H3,(H,26,27,31). The van der Waals surface area contributed by atoms with Crippen molar-refractivity contribution in [3.63, 3.8) is 0 Å². The Bertz CT molecular complexity index is 1040. The van der Waals surface area contributed by atoms with Crippen LogP contribution in [-0.4, -0.2) is 35.6 Å². The highest BCUT2D eigenvalue weighted by Crippen LogP contribution is 2.15. The average Bonchev–Trinajstić information content (AvgIpc) is 2.82. The Hall–Kier alpha value is -3.58. The van der Waals surface area contributed by atoms with Crippen molar-refractivity contribution in [3.05, 3.63) is 95.8 Å². The molecule has 0 atom stereocenters. The number of esters is 1. The van der Waals surface area contributed by atoms with Crippen molar-refractivity contribution in [3.8, 4) is 0 Å². The van der Waals surface area contributed by atoms with E-state index >= 15 is 0 Å². The highest BCUT2D eigenvalue weighted by molar-refractivity contribution is 7.80. The topological polar surface area (TPSA) is 66.8 Å². The van der Waals surface area contributed by atoms with E-state index in [1.54, 1.807) is 25.3 Å². The Morgan fingerprint density at radius 2 is 1.74 bits per heavy atom. The van der Waals surface area contributed by atoms with Crippen LogP contribution in [0.5, 0.6) is 0 Å². The lowest BCUT2D eigenvalue weighted by atomic mass is 10.2. The number of rotatable bonds is 6. The molecular weight excluding hydrogens is 408 g/mol. The van der Waals surface area contributed by atoms with E-state index < -0.39 is 0 Å². The number of ether oxygens (including phenoxy) is 1. The molecule has 3 rings (SSSR count). The van der Waals surface area contributed by atoms with Crippen LogP contribution in [0, 0.1) is 0 Å². The zero-order valence-electron chi connectivity index (χ0n) is 17.5. The Balaban J connectivity index is 1.75. The summed E-state index contributed by atoms with van der Waals surface area (Å²) in [5, 5.41) is 3.73. The van der Waals surface area contributed by atoms with Gasteiger partial charge in [-0.1, -0.05) is 36.4 Å². The van der Waals surface area contributed by atoms with Crippen molar-refractivity contribution < 1.29 is 9.53 Å². The maximum absolute atomic E-state index is 11.9. The predicted octanol–water partition coefficient (Wildman–Crippen LogP) is 4.22. The van der Waals surface area contributed by atoms with Gasteiger partial charge >= 0.3 is 5.97 Å². The molecule has 7 heteroatoms.